The second-order valence-corrected chi connectivity index (χ2v) is 7.84. The molecule has 0 spiro atoms. The van der Waals surface area contributed by atoms with Crippen molar-refractivity contribution < 1.29 is 28.2 Å². The maximum Gasteiger partial charge on any atom is 0.287 e. The van der Waals surface area contributed by atoms with E-state index < -0.39 is 0 Å². The van der Waals surface area contributed by atoms with Crippen LogP contribution in [0.4, 0.5) is 0 Å². The van der Waals surface area contributed by atoms with Gasteiger partial charge < -0.3 is 28.7 Å². The van der Waals surface area contributed by atoms with E-state index in [-0.39, 0.29) is 30.5 Å². The number of furan rings is 1. The largest absolute Gasteiger partial charge is 0.493 e. The lowest BCUT2D eigenvalue weighted by atomic mass is 9.84. The first-order valence-corrected chi connectivity index (χ1v) is 9.99. The standard InChI is InChI=1S/C24H25NO6/c1-24(2,16-8-10-20-22(12-16)30-15-29-20)14-25-23(26)21-11-9-17(31-21)13-28-19-7-5-4-6-18(19)27-3/h4-12H,13-15H2,1-3H3,(H,25,26). The summed E-state index contributed by atoms with van der Waals surface area (Å²) in [5, 5.41) is 2.95. The third kappa shape index (κ3) is 4.60. The third-order valence-electron chi connectivity index (χ3n) is 5.17. The van der Waals surface area contributed by atoms with Crippen molar-refractivity contribution in [3.63, 3.8) is 0 Å². The lowest BCUT2D eigenvalue weighted by molar-refractivity contribution is 0.0913. The van der Waals surface area contributed by atoms with Crippen molar-refractivity contribution in [3.05, 3.63) is 71.7 Å². The minimum Gasteiger partial charge on any atom is -0.493 e. The summed E-state index contributed by atoms with van der Waals surface area (Å²) in [7, 11) is 1.59. The molecule has 0 aliphatic carbocycles. The van der Waals surface area contributed by atoms with Gasteiger partial charge in [-0.05, 0) is 42.0 Å². The Bertz CT molecular complexity index is 1070. The van der Waals surface area contributed by atoms with Crippen LogP contribution in [-0.2, 0) is 12.0 Å². The van der Waals surface area contributed by atoms with Crippen LogP contribution in [0.5, 0.6) is 23.0 Å². The van der Waals surface area contributed by atoms with Crippen molar-refractivity contribution in [1.82, 2.24) is 5.32 Å². The monoisotopic (exact) mass is 423 g/mol. The van der Waals surface area contributed by atoms with Crippen LogP contribution in [0.15, 0.2) is 59.0 Å². The molecule has 0 radical (unpaired) electrons. The fourth-order valence-corrected chi connectivity index (χ4v) is 3.27. The Kier molecular flexibility index (Phi) is 5.75. The number of para-hydroxylation sites is 2. The van der Waals surface area contributed by atoms with Gasteiger partial charge in [-0.25, -0.2) is 0 Å². The van der Waals surface area contributed by atoms with E-state index in [1.165, 1.54) is 0 Å². The summed E-state index contributed by atoms with van der Waals surface area (Å²) >= 11 is 0. The Labute approximate surface area is 180 Å². The zero-order valence-corrected chi connectivity index (χ0v) is 17.8. The highest BCUT2D eigenvalue weighted by Gasteiger charge is 2.25. The van der Waals surface area contributed by atoms with Gasteiger partial charge in [0.05, 0.1) is 7.11 Å². The van der Waals surface area contributed by atoms with E-state index in [9.17, 15) is 4.79 Å². The van der Waals surface area contributed by atoms with Gasteiger partial charge in [0.2, 0.25) is 6.79 Å². The molecule has 0 unspecified atom stereocenters. The molecule has 0 fully saturated rings. The SMILES string of the molecule is COc1ccccc1OCc1ccc(C(=O)NCC(C)(C)c2ccc3c(c2)OCO3)o1. The van der Waals surface area contributed by atoms with Crippen molar-refractivity contribution in [1.29, 1.82) is 0 Å². The molecule has 2 heterocycles. The van der Waals surface area contributed by atoms with Gasteiger partial charge in [0.25, 0.3) is 5.91 Å². The molecule has 1 aliphatic rings. The van der Waals surface area contributed by atoms with Crippen molar-refractivity contribution in [2.24, 2.45) is 0 Å². The second kappa shape index (κ2) is 8.63. The normalized spacial score (nSPS) is 12.5. The smallest absolute Gasteiger partial charge is 0.287 e. The first-order valence-electron chi connectivity index (χ1n) is 9.99. The molecular formula is C24H25NO6. The molecule has 7 heteroatoms. The molecule has 4 rings (SSSR count). The van der Waals surface area contributed by atoms with E-state index in [0.29, 0.717) is 23.8 Å². The molecular weight excluding hydrogens is 398 g/mol. The predicted octanol–water partition coefficient (Wildman–Crippen LogP) is 4.30. The Balaban J connectivity index is 1.34. The van der Waals surface area contributed by atoms with Crippen LogP contribution < -0.4 is 24.3 Å². The number of hydrogen-bond acceptors (Lipinski definition) is 6. The van der Waals surface area contributed by atoms with Crippen molar-refractivity contribution in [2.75, 3.05) is 20.4 Å². The Morgan fingerprint density at radius 3 is 2.61 bits per heavy atom. The maximum atomic E-state index is 12.6. The van der Waals surface area contributed by atoms with Gasteiger partial charge in [0.1, 0.15) is 12.4 Å². The highest BCUT2D eigenvalue weighted by Crippen LogP contribution is 2.36. The molecule has 7 nitrogen and oxygen atoms in total. The van der Waals surface area contributed by atoms with Crippen molar-refractivity contribution >= 4 is 5.91 Å². The lowest BCUT2D eigenvalue weighted by Crippen LogP contribution is -2.36. The first-order chi connectivity index (χ1) is 15.0. The summed E-state index contributed by atoms with van der Waals surface area (Å²) in [6, 6.07) is 16.6. The number of benzene rings is 2. The fraction of sp³-hybridized carbons (Fsp3) is 0.292. The van der Waals surface area contributed by atoms with Crippen LogP contribution in [0.3, 0.4) is 0 Å². The van der Waals surface area contributed by atoms with Crippen LogP contribution in [0.2, 0.25) is 0 Å². The summed E-state index contributed by atoms with van der Waals surface area (Å²) < 4.78 is 27.5. The Morgan fingerprint density at radius 1 is 1.03 bits per heavy atom. The molecule has 3 aromatic rings. The number of ether oxygens (including phenoxy) is 4. The molecule has 0 bridgehead atoms. The van der Waals surface area contributed by atoms with Gasteiger partial charge in [-0.1, -0.05) is 32.0 Å². The summed E-state index contributed by atoms with van der Waals surface area (Å²) in [4.78, 5) is 12.6. The molecule has 0 saturated heterocycles. The predicted molar refractivity (Wildman–Crippen MR) is 114 cm³/mol. The number of rotatable bonds is 8. The van der Waals surface area contributed by atoms with E-state index >= 15 is 0 Å². The average Bonchev–Trinajstić information content (AvgIpc) is 3.45. The molecule has 0 saturated carbocycles. The molecule has 0 atom stereocenters. The van der Waals surface area contributed by atoms with Crippen molar-refractivity contribution in [3.8, 4) is 23.0 Å². The number of carbonyl (C=O) groups excluding carboxylic acids is 1. The lowest BCUT2D eigenvalue weighted by Gasteiger charge is -2.25. The van der Waals surface area contributed by atoms with Gasteiger partial charge >= 0.3 is 0 Å². The van der Waals surface area contributed by atoms with Gasteiger partial charge in [0.15, 0.2) is 28.8 Å². The number of nitrogens with one attached hydrogen (secondary N) is 1. The van der Waals surface area contributed by atoms with Crippen LogP contribution in [0, 0.1) is 0 Å². The molecule has 1 N–H and O–H groups in total. The van der Waals surface area contributed by atoms with E-state index in [4.69, 9.17) is 23.4 Å². The average molecular weight is 423 g/mol. The minimum absolute atomic E-state index is 0.191. The molecule has 1 amide bonds. The highest BCUT2D eigenvalue weighted by atomic mass is 16.7. The van der Waals surface area contributed by atoms with Gasteiger partial charge in [-0.3, -0.25) is 4.79 Å². The molecule has 162 valence electrons. The van der Waals surface area contributed by atoms with Gasteiger partial charge in [-0.15, -0.1) is 0 Å². The number of carbonyl (C=O) groups is 1. The number of amides is 1. The third-order valence-corrected chi connectivity index (χ3v) is 5.17. The number of methoxy groups -OCH3 is 1. The summed E-state index contributed by atoms with van der Waals surface area (Å²) in [5.74, 6) is 3.21. The second-order valence-electron chi connectivity index (χ2n) is 7.84. The van der Waals surface area contributed by atoms with Crippen LogP contribution in [0.1, 0.15) is 35.7 Å². The Morgan fingerprint density at radius 2 is 1.81 bits per heavy atom. The zero-order chi connectivity index (χ0) is 21.8. The minimum atomic E-state index is -0.307. The Hall–Kier alpha value is -3.61. The number of fused-ring (bicyclic) bond motifs is 1. The van der Waals surface area contributed by atoms with Gasteiger partial charge in [0, 0.05) is 12.0 Å². The number of hydrogen-bond donors (Lipinski definition) is 1. The van der Waals surface area contributed by atoms with Gasteiger partial charge in [-0.2, -0.15) is 0 Å². The van der Waals surface area contributed by atoms with Crippen molar-refractivity contribution in [2.45, 2.75) is 25.9 Å². The quantitative estimate of drug-likeness (QED) is 0.582. The van der Waals surface area contributed by atoms with E-state index in [1.54, 1.807) is 19.2 Å². The molecule has 1 aliphatic heterocycles. The first kappa shape index (κ1) is 20.7. The highest BCUT2D eigenvalue weighted by molar-refractivity contribution is 5.91. The maximum absolute atomic E-state index is 12.6. The topological polar surface area (TPSA) is 79.2 Å². The van der Waals surface area contributed by atoms with E-state index in [1.807, 2.05) is 42.5 Å². The summed E-state index contributed by atoms with van der Waals surface area (Å²) in [6.07, 6.45) is 0. The van der Waals surface area contributed by atoms with Crippen LogP contribution in [-0.4, -0.2) is 26.4 Å². The van der Waals surface area contributed by atoms with E-state index in [0.717, 1.165) is 17.1 Å². The molecule has 31 heavy (non-hydrogen) atoms. The van der Waals surface area contributed by atoms with Crippen LogP contribution in [0.25, 0.3) is 0 Å². The zero-order valence-electron chi connectivity index (χ0n) is 17.8. The van der Waals surface area contributed by atoms with E-state index in [2.05, 4.69) is 19.2 Å². The fourth-order valence-electron chi connectivity index (χ4n) is 3.27. The summed E-state index contributed by atoms with van der Waals surface area (Å²) in [6.45, 7) is 4.96. The van der Waals surface area contributed by atoms with Crippen LogP contribution >= 0.6 is 0 Å². The molecule has 1 aromatic heterocycles. The summed E-state index contributed by atoms with van der Waals surface area (Å²) in [5.41, 5.74) is 0.737. The molecule has 2 aromatic carbocycles.